The number of rotatable bonds is 2. The van der Waals surface area contributed by atoms with Crippen LogP contribution in [0.5, 0.6) is 0 Å². The van der Waals surface area contributed by atoms with Crippen LogP contribution in [0.1, 0.15) is 28.8 Å². The van der Waals surface area contributed by atoms with E-state index in [2.05, 4.69) is 15.9 Å². The molecule has 2 amide bonds. The summed E-state index contributed by atoms with van der Waals surface area (Å²) in [6.07, 6.45) is 1.60. The number of benzene rings is 1. The lowest BCUT2D eigenvalue weighted by molar-refractivity contribution is -0.123. The maximum atomic E-state index is 12.5. The molecule has 19 heavy (non-hydrogen) atoms. The second kappa shape index (κ2) is 5.74. The van der Waals surface area contributed by atoms with E-state index in [0.717, 1.165) is 22.9 Å². The fourth-order valence-corrected chi connectivity index (χ4v) is 2.75. The van der Waals surface area contributed by atoms with Gasteiger partial charge in [0.15, 0.2) is 0 Å². The van der Waals surface area contributed by atoms with Gasteiger partial charge in [-0.3, -0.25) is 9.59 Å². The molecule has 1 aliphatic rings. The van der Waals surface area contributed by atoms with E-state index < -0.39 is 0 Å². The number of carbonyl (C=O) groups is 2. The smallest absolute Gasteiger partial charge is 0.254 e. The number of amides is 2. The summed E-state index contributed by atoms with van der Waals surface area (Å²) in [7, 11) is 0. The number of hydrogen-bond acceptors (Lipinski definition) is 2. The molecule has 1 aromatic carbocycles. The van der Waals surface area contributed by atoms with Crippen molar-refractivity contribution < 1.29 is 9.59 Å². The van der Waals surface area contributed by atoms with Crippen LogP contribution in [0.15, 0.2) is 22.7 Å². The van der Waals surface area contributed by atoms with E-state index in [4.69, 9.17) is 5.73 Å². The Bertz CT molecular complexity index is 516. The Labute approximate surface area is 121 Å². The minimum Gasteiger partial charge on any atom is -0.369 e. The molecule has 5 heteroatoms. The van der Waals surface area contributed by atoms with Crippen molar-refractivity contribution in [1.82, 2.24) is 4.90 Å². The Morgan fingerprint density at radius 2 is 2.16 bits per heavy atom. The van der Waals surface area contributed by atoms with Crippen molar-refractivity contribution in [2.75, 3.05) is 13.1 Å². The molecule has 1 saturated heterocycles. The number of carbonyl (C=O) groups excluding carboxylic acids is 2. The monoisotopic (exact) mass is 324 g/mol. The molecule has 1 fully saturated rings. The highest BCUT2D eigenvalue weighted by atomic mass is 79.9. The number of piperidine rings is 1. The van der Waals surface area contributed by atoms with Crippen molar-refractivity contribution in [2.45, 2.75) is 19.8 Å². The predicted octanol–water partition coefficient (Wildman–Crippen LogP) is 2.10. The SMILES string of the molecule is Cc1ccc(Br)cc1C(=O)N1CCCC(C(N)=O)C1. The summed E-state index contributed by atoms with van der Waals surface area (Å²) in [4.78, 5) is 25.5. The Kier molecular flexibility index (Phi) is 4.24. The largest absolute Gasteiger partial charge is 0.369 e. The van der Waals surface area contributed by atoms with Gasteiger partial charge >= 0.3 is 0 Å². The Balaban J connectivity index is 2.19. The minimum atomic E-state index is -0.316. The average molecular weight is 325 g/mol. The minimum absolute atomic E-state index is 0.0234. The number of aryl methyl sites for hydroxylation is 1. The molecular weight excluding hydrogens is 308 g/mol. The normalized spacial score (nSPS) is 19.3. The summed E-state index contributed by atoms with van der Waals surface area (Å²) in [5.74, 6) is -0.557. The molecule has 1 heterocycles. The van der Waals surface area contributed by atoms with Gasteiger partial charge in [-0.1, -0.05) is 22.0 Å². The predicted molar refractivity (Wildman–Crippen MR) is 76.7 cm³/mol. The Hall–Kier alpha value is -1.36. The van der Waals surface area contributed by atoms with Gasteiger partial charge in [-0.2, -0.15) is 0 Å². The molecule has 1 aromatic rings. The van der Waals surface area contributed by atoms with Crippen molar-refractivity contribution in [1.29, 1.82) is 0 Å². The van der Waals surface area contributed by atoms with E-state index in [1.807, 2.05) is 25.1 Å². The van der Waals surface area contributed by atoms with E-state index in [-0.39, 0.29) is 17.7 Å². The molecule has 1 aliphatic heterocycles. The van der Waals surface area contributed by atoms with Crippen molar-refractivity contribution in [2.24, 2.45) is 11.7 Å². The van der Waals surface area contributed by atoms with Crippen LogP contribution in [0.25, 0.3) is 0 Å². The van der Waals surface area contributed by atoms with E-state index in [1.165, 1.54) is 0 Å². The van der Waals surface area contributed by atoms with Crippen LogP contribution in [0.4, 0.5) is 0 Å². The van der Waals surface area contributed by atoms with Gasteiger partial charge in [0.1, 0.15) is 0 Å². The summed E-state index contributed by atoms with van der Waals surface area (Å²) in [5.41, 5.74) is 6.96. The maximum absolute atomic E-state index is 12.5. The van der Waals surface area contributed by atoms with Gasteiger partial charge < -0.3 is 10.6 Å². The van der Waals surface area contributed by atoms with Gasteiger partial charge in [0.05, 0.1) is 5.92 Å². The molecule has 0 saturated carbocycles. The average Bonchev–Trinajstić information content (AvgIpc) is 2.41. The van der Waals surface area contributed by atoms with Crippen LogP contribution < -0.4 is 5.73 Å². The molecule has 0 radical (unpaired) electrons. The van der Waals surface area contributed by atoms with Crippen LogP contribution in [0, 0.1) is 12.8 Å². The molecule has 0 aliphatic carbocycles. The first-order chi connectivity index (χ1) is 8.99. The lowest BCUT2D eigenvalue weighted by atomic mass is 9.96. The Morgan fingerprint density at radius 1 is 1.42 bits per heavy atom. The third kappa shape index (κ3) is 3.15. The molecule has 0 bridgehead atoms. The zero-order chi connectivity index (χ0) is 14.0. The fourth-order valence-electron chi connectivity index (χ4n) is 2.39. The first kappa shape index (κ1) is 14.1. The molecule has 0 aromatic heterocycles. The number of primary amides is 1. The van der Waals surface area contributed by atoms with Gasteiger partial charge in [-0.05, 0) is 37.5 Å². The maximum Gasteiger partial charge on any atom is 0.254 e. The van der Waals surface area contributed by atoms with E-state index >= 15 is 0 Å². The highest BCUT2D eigenvalue weighted by Gasteiger charge is 2.28. The van der Waals surface area contributed by atoms with E-state index in [0.29, 0.717) is 18.7 Å². The quantitative estimate of drug-likeness (QED) is 0.905. The highest BCUT2D eigenvalue weighted by Crippen LogP contribution is 2.22. The molecule has 102 valence electrons. The molecule has 2 N–H and O–H groups in total. The van der Waals surface area contributed by atoms with Crippen LogP contribution in [0.3, 0.4) is 0 Å². The van der Waals surface area contributed by atoms with Gasteiger partial charge in [0.2, 0.25) is 5.91 Å². The number of halogens is 1. The molecule has 1 atom stereocenters. The number of nitrogens with two attached hydrogens (primary N) is 1. The molecule has 2 rings (SSSR count). The van der Waals surface area contributed by atoms with Crippen molar-refractivity contribution >= 4 is 27.7 Å². The zero-order valence-electron chi connectivity index (χ0n) is 10.9. The van der Waals surface area contributed by atoms with Crippen LogP contribution in [-0.2, 0) is 4.79 Å². The van der Waals surface area contributed by atoms with E-state index in [1.54, 1.807) is 4.90 Å². The van der Waals surface area contributed by atoms with Crippen LogP contribution >= 0.6 is 15.9 Å². The molecule has 0 spiro atoms. The highest BCUT2D eigenvalue weighted by molar-refractivity contribution is 9.10. The first-order valence-corrected chi connectivity index (χ1v) is 7.13. The lowest BCUT2D eigenvalue weighted by Gasteiger charge is -2.31. The van der Waals surface area contributed by atoms with Gasteiger partial charge in [0.25, 0.3) is 5.91 Å². The number of likely N-dealkylation sites (tertiary alicyclic amines) is 1. The fraction of sp³-hybridized carbons (Fsp3) is 0.429. The summed E-state index contributed by atoms with van der Waals surface area (Å²) in [6, 6.07) is 5.65. The lowest BCUT2D eigenvalue weighted by Crippen LogP contribution is -2.44. The third-order valence-corrected chi connectivity index (χ3v) is 4.03. The second-order valence-corrected chi connectivity index (χ2v) is 5.87. The van der Waals surface area contributed by atoms with Crippen molar-refractivity contribution in [3.63, 3.8) is 0 Å². The Morgan fingerprint density at radius 3 is 2.84 bits per heavy atom. The topological polar surface area (TPSA) is 63.4 Å². The second-order valence-electron chi connectivity index (χ2n) is 4.95. The van der Waals surface area contributed by atoms with Gasteiger partial charge in [0, 0.05) is 23.1 Å². The van der Waals surface area contributed by atoms with Gasteiger partial charge in [-0.25, -0.2) is 0 Å². The van der Waals surface area contributed by atoms with E-state index in [9.17, 15) is 9.59 Å². The summed E-state index contributed by atoms with van der Waals surface area (Å²) in [6.45, 7) is 3.03. The summed E-state index contributed by atoms with van der Waals surface area (Å²) < 4.78 is 0.880. The molecule has 1 unspecified atom stereocenters. The standard InChI is InChI=1S/C14H17BrN2O2/c1-9-4-5-11(15)7-12(9)14(19)17-6-2-3-10(8-17)13(16)18/h4-5,7,10H,2-3,6,8H2,1H3,(H2,16,18). The van der Waals surface area contributed by atoms with Gasteiger partial charge in [-0.15, -0.1) is 0 Å². The zero-order valence-corrected chi connectivity index (χ0v) is 12.4. The summed E-state index contributed by atoms with van der Waals surface area (Å²) in [5, 5.41) is 0. The number of nitrogens with zero attached hydrogens (tertiary/aromatic N) is 1. The van der Waals surface area contributed by atoms with Crippen molar-refractivity contribution in [3.05, 3.63) is 33.8 Å². The summed E-state index contributed by atoms with van der Waals surface area (Å²) >= 11 is 3.38. The van der Waals surface area contributed by atoms with Crippen LogP contribution in [-0.4, -0.2) is 29.8 Å². The number of hydrogen-bond donors (Lipinski definition) is 1. The first-order valence-electron chi connectivity index (χ1n) is 6.34. The van der Waals surface area contributed by atoms with Crippen molar-refractivity contribution in [3.8, 4) is 0 Å². The third-order valence-electron chi connectivity index (χ3n) is 3.54. The molecule has 4 nitrogen and oxygen atoms in total. The van der Waals surface area contributed by atoms with Crippen LogP contribution in [0.2, 0.25) is 0 Å². The molecular formula is C14H17BrN2O2.